The van der Waals surface area contributed by atoms with Crippen LogP contribution in [0.25, 0.3) is 0 Å². The summed E-state index contributed by atoms with van der Waals surface area (Å²) in [6, 6.07) is 15.0. The van der Waals surface area contributed by atoms with Crippen LogP contribution in [0.2, 0.25) is 0 Å². The normalized spacial score (nSPS) is 11.0. The predicted octanol–water partition coefficient (Wildman–Crippen LogP) is 4.27. The van der Waals surface area contributed by atoms with Gasteiger partial charge in [0.25, 0.3) is 5.91 Å². The number of benzene rings is 2. The number of thioether (sulfide) groups is 1. The lowest BCUT2D eigenvalue weighted by Crippen LogP contribution is -2.21. The van der Waals surface area contributed by atoms with Crippen molar-refractivity contribution >= 4 is 29.3 Å². The van der Waals surface area contributed by atoms with Crippen LogP contribution in [0.15, 0.2) is 53.4 Å². The quantitative estimate of drug-likeness (QED) is 0.568. The second-order valence-corrected chi connectivity index (χ2v) is 8.05. The van der Waals surface area contributed by atoms with E-state index in [1.54, 1.807) is 7.11 Å². The highest BCUT2D eigenvalue weighted by atomic mass is 32.2. The average molecular weight is 388 g/mol. The molecule has 2 aromatic rings. The summed E-state index contributed by atoms with van der Waals surface area (Å²) in [5, 5.41) is 2.73. The van der Waals surface area contributed by atoms with Crippen LogP contribution in [0.5, 0.6) is 5.75 Å². The van der Waals surface area contributed by atoms with E-state index < -0.39 is 5.97 Å². The van der Waals surface area contributed by atoms with E-state index in [1.807, 2.05) is 48.5 Å². The fraction of sp³-hybridized carbons (Fsp3) is 0.333. The lowest BCUT2D eigenvalue weighted by Gasteiger charge is -2.19. The first-order chi connectivity index (χ1) is 12.8. The minimum Gasteiger partial charge on any atom is -0.497 e. The summed E-state index contributed by atoms with van der Waals surface area (Å²) in [6.07, 6.45) is 0. The van der Waals surface area contributed by atoms with Gasteiger partial charge in [-0.15, -0.1) is 11.8 Å². The smallest absolute Gasteiger partial charge is 0.316 e. The minimum absolute atomic E-state index is 0.0552. The van der Waals surface area contributed by atoms with Gasteiger partial charge in [0.2, 0.25) is 0 Å². The van der Waals surface area contributed by atoms with E-state index in [4.69, 9.17) is 9.47 Å². The number of hydrogen-bond acceptors (Lipinski definition) is 5. The molecule has 2 aromatic carbocycles. The van der Waals surface area contributed by atoms with Crippen molar-refractivity contribution in [2.45, 2.75) is 31.1 Å². The number of carbonyl (C=O) groups excluding carboxylic acids is 2. The van der Waals surface area contributed by atoms with Crippen LogP contribution < -0.4 is 10.1 Å². The van der Waals surface area contributed by atoms with E-state index in [0.717, 1.165) is 10.6 Å². The summed E-state index contributed by atoms with van der Waals surface area (Å²) in [5.74, 6) is 0.101. The molecule has 2 rings (SSSR count). The fourth-order valence-electron chi connectivity index (χ4n) is 2.25. The van der Waals surface area contributed by atoms with Gasteiger partial charge in [-0.2, -0.15) is 0 Å². The van der Waals surface area contributed by atoms with Crippen LogP contribution in [-0.4, -0.2) is 31.3 Å². The SMILES string of the molecule is COc1ccc(SCC(=O)OCC(=O)Nc2ccc(C(C)(C)C)cc2)cc1. The molecule has 0 aliphatic carbocycles. The second-order valence-electron chi connectivity index (χ2n) is 7.00. The van der Waals surface area contributed by atoms with Gasteiger partial charge in [-0.1, -0.05) is 32.9 Å². The molecule has 5 nitrogen and oxygen atoms in total. The number of ether oxygens (including phenoxy) is 2. The predicted molar refractivity (Wildman–Crippen MR) is 108 cm³/mol. The van der Waals surface area contributed by atoms with Gasteiger partial charge >= 0.3 is 5.97 Å². The van der Waals surface area contributed by atoms with Crippen molar-refractivity contribution in [3.63, 3.8) is 0 Å². The zero-order valence-corrected chi connectivity index (χ0v) is 16.9. The highest BCUT2D eigenvalue weighted by Gasteiger charge is 2.13. The van der Waals surface area contributed by atoms with Crippen LogP contribution in [0.4, 0.5) is 5.69 Å². The average Bonchev–Trinajstić information content (AvgIpc) is 2.65. The number of carbonyl (C=O) groups is 2. The number of nitrogens with one attached hydrogen (secondary N) is 1. The van der Waals surface area contributed by atoms with Crippen molar-refractivity contribution in [3.8, 4) is 5.75 Å². The number of anilines is 1. The second kappa shape index (κ2) is 9.46. The van der Waals surface area contributed by atoms with E-state index in [9.17, 15) is 9.59 Å². The molecule has 144 valence electrons. The molecular weight excluding hydrogens is 362 g/mol. The molecule has 1 amide bonds. The van der Waals surface area contributed by atoms with Gasteiger partial charge in [-0.05, 0) is 47.4 Å². The number of esters is 1. The van der Waals surface area contributed by atoms with E-state index in [-0.39, 0.29) is 23.7 Å². The lowest BCUT2D eigenvalue weighted by atomic mass is 9.87. The van der Waals surface area contributed by atoms with E-state index >= 15 is 0 Å². The molecule has 1 N–H and O–H groups in total. The summed E-state index contributed by atoms with van der Waals surface area (Å²) < 4.78 is 10.1. The van der Waals surface area contributed by atoms with E-state index in [2.05, 4.69) is 26.1 Å². The molecule has 0 spiro atoms. The van der Waals surface area contributed by atoms with E-state index in [1.165, 1.54) is 17.3 Å². The molecule has 0 fully saturated rings. The van der Waals surface area contributed by atoms with Crippen LogP contribution in [0.3, 0.4) is 0 Å². The third-order valence-corrected chi connectivity index (χ3v) is 4.80. The monoisotopic (exact) mass is 387 g/mol. The van der Waals surface area contributed by atoms with Gasteiger partial charge in [0.05, 0.1) is 12.9 Å². The maximum Gasteiger partial charge on any atom is 0.316 e. The summed E-state index contributed by atoms with van der Waals surface area (Å²) in [6.45, 7) is 6.08. The molecule has 0 saturated heterocycles. The number of hydrogen-bond donors (Lipinski definition) is 1. The number of methoxy groups -OCH3 is 1. The Morgan fingerprint density at radius 1 is 1.00 bits per heavy atom. The van der Waals surface area contributed by atoms with Crippen LogP contribution in [-0.2, 0) is 19.7 Å². The maximum absolute atomic E-state index is 11.9. The highest BCUT2D eigenvalue weighted by molar-refractivity contribution is 8.00. The van der Waals surface area contributed by atoms with Crippen LogP contribution in [0.1, 0.15) is 26.3 Å². The van der Waals surface area contributed by atoms with Gasteiger partial charge in [0.1, 0.15) is 5.75 Å². The lowest BCUT2D eigenvalue weighted by molar-refractivity contribution is -0.144. The molecule has 6 heteroatoms. The summed E-state index contributed by atoms with van der Waals surface area (Å²) in [4.78, 5) is 24.7. The highest BCUT2D eigenvalue weighted by Crippen LogP contribution is 2.23. The molecule has 0 aromatic heterocycles. The van der Waals surface area contributed by atoms with Crippen LogP contribution in [0, 0.1) is 0 Å². The largest absolute Gasteiger partial charge is 0.497 e. The van der Waals surface area contributed by atoms with Crippen molar-refractivity contribution in [1.82, 2.24) is 0 Å². The van der Waals surface area contributed by atoms with Crippen molar-refractivity contribution in [2.24, 2.45) is 0 Å². The molecule has 0 aliphatic heterocycles. The molecule has 0 saturated carbocycles. The third-order valence-electron chi connectivity index (χ3n) is 3.82. The molecule has 27 heavy (non-hydrogen) atoms. The van der Waals surface area contributed by atoms with Gasteiger partial charge < -0.3 is 14.8 Å². The Labute approximate surface area is 164 Å². The van der Waals surface area contributed by atoms with Crippen molar-refractivity contribution in [3.05, 3.63) is 54.1 Å². The summed E-state index contributed by atoms with van der Waals surface area (Å²) in [7, 11) is 1.60. The zero-order chi connectivity index (χ0) is 19.9. The Balaban J connectivity index is 1.73. The third kappa shape index (κ3) is 6.98. The standard InChI is InChI=1S/C21H25NO4S/c1-21(2,3)15-5-7-16(8-6-15)22-19(23)13-26-20(24)14-27-18-11-9-17(25-4)10-12-18/h5-12H,13-14H2,1-4H3,(H,22,23). The minimum atomic E-state index is -0.436. The van der Waals surface area contributed by atoms with E-state index in [0.29, 0.717) is 5.69 Å². The first-order valence-electron chi connectivity index (χ1n) is 8.61. The Hall–Kier alpha value is -2.47. The maximum atomic E-state index is 11.9. The molecule has 0 aliphatic rings. The van der Waals surface area contributed by atoms with Crippen molar-refractivity contribution < 1.29 is 19.1 Å². The molecule has 0 unspecified atom stereocenters. The van der Waals surface area contributed by atoms with Gasteiger partial charge in [-0.25, -0.2) is 0 Å². The van der Waals surface area contributed by atoms with Gasteiger partial charge in [0, 0.05) is 10.6 Å². The fourth-order valence-corrected chi connectivity index (χ4v) is 2.95. The Kier molecular flexibility index (Phi) is 7.30. The van der Waals surface area contributed by atoms with Gasteiger partial charge in [-0.3, -0.25) is 9.59 Å². The van der Waals surface area contributed by atoms with Gasteiger partial charge in [0.15, 0.2) is 6.61 Å². The molecule has 0 bridgehead atoms. The number of rotatable bonds is 7. The molecular formula is C21H25NO4S. The Bertz CT molecular complexity index is 764. The topological polar surface area (TPSA) is 64.6 Å². The Morgan fingerprint density at radius 2 is 1.63 bits per heavy atom. The zero-order valence-electron chi connectivity index (χ0n) is 16.1. The molecule has 0 radical (unpaired) electrons. The van der Waals surface area contributed by atoms with Crippen molar-refractivity contribution in [2.75, 3.05) is 24.8 Å². The molecule has 0 heterocycles. The summed E-state index contributed by atoms with van der Waals surface area (Å²) >= 11 is 1.35. The number of amides is 1. The Morgan fingerprint density at radius 3 is 2.19 bits per heavy atom. The first kappa shape index (κ1) is 20.8. The van der Waals surface area contributed by atoms with Crippen molar-refractivity contribution in [1.29, 1.82) is 0 Å². The molecule has 0 atom stereocenters. The van der Waals surface area contributed by atoms with Crippen LogP contribution >= 0.6 is 11.8 Å². The summed E-state index contributed by atoms with van der Waals surface area (Å²) in [5.41, 5.74) is 1.92. The first-order valence-corrected chi connectivity index (χ1v) is 9.59.